The number of hydrogen-bond donors (Lipinski definition) is 1. The number of phenols is 1. The van der Waals surface area contributed by atoms with Crippen LogP contribution < -0.4 is 10.2 Å². The summed E-state index contributed by atoms with van der Waals surface area (Å²) in [5.74, 6) is 0.442. The molecule has 1 aromatic heterocycles. The van der Waals surface area contributed by atoms with Gasteiger partial charge in [0.2, 0.25) is 11.2 Å². The molecule has 0 aliphatic heterocycles. The van der Waals surface area contributed by atoms with Gasteiger partial charge in [-0.15, -0.1) is 0 Å². The molecule has 0 unspecified atom stereocenters. The molecule has 0 atom stereocenters. The topological polar surface area (TPSA) is 89.2 Å². The first kappa shape index (κ1) is 25.3. The number of ether oxygens (including phenoxy) is 2. The van der Waals surface area contributed by atoms with Gasteiger partial charge in [-0.05, 0) is 69.3 Å². The molecular weight excluding hydrogens is 434 g/mol. The molecule has 0 saturated carbocycles. The van der Waals surface area contributed by atoms with Gasteiger partial charge in [-0.2, -0.15) is 0 Å². The third-order valence-corrected chi connectivity index (χ3v) is 5.79. The van der Waals surface area contributed by atoms with E-state index in [1.165, 1.54) is 13.2 Å². The Morgan fingerprint density at radius 1 is 1.03 bits per heavy atom. The van der Waals surface area contributed by atoms with E-state index in [1.807, 2.05) is 0 Å². The number of esters is 1. The minimum absolute atomic E-state index is 0.0729. The van der Waals surface area contributed by atoms with Crippen LogP contribution in [-0.4, -0.2) is 36.2 Å². The first-order valence-corrected chi connectivity index (χ1v) is 11.8. The maximum atomic E-state index is 13.3. The third kappa shape index (κ3) is 5.78. The maximum Gasteiger partial charge on any atom is 0.337 e. The summed E-state index contributed by atoms with van der Waals surface area (Å²) in [6.07, 6.45) is 4.29. The predicted molar refractivity (Wildman–Crippen MR) is 132 cm³/mol. The Hall–Kier alpha value is -3.32. The van der Waals surface area contributed by atoms with Crippen molar-refractivity contribution in [3.63, 3.8) is 0 Å². The molecule has 0 spiro atoms. The van der Waals surface area contributed by atoms with E-state index < -0.39 is 5.97 Å². The summed E-state index contributed by atoms with van der Waals surface area (Å²) >= 11 is 0. The molecule has 1 heterocycles. The quantitative estimate of drug-likeness (QED) is 0.357. The van der Waals surface area contributed by atoms with Gasteiger partial charge in [-0.3, -0.25) is 9.69 Å². The smallest absolute Gasteiger partial charge is 0.337 e. The minimum Gasteiger partial charge on any atom is -0.507 e. The first-order chi connectivity index (χ1) is 16.4. The molecule has 3 aromatic rings. The highest BCUT2D eigenvalue weighted by Gasteiger charge is 2.20. The van der Waals surface area contributed by atoms with Crippen molar-refractivity contribution in [2.75, 3.05) is 20.2 Å². The Morgan fingerprint density at radius 2 is 1.68 bits per heavy atom. The average molecular weight is 468 g/mol. The van der Waals surface area contributed by atoms with E-state index in [0.29, 0.717) is 40.2 Å². The number of carbonyl (C=O) groups is 1. The van der Waals surface area contributed by atoms with Crippen molar-refractivity contribution in [1.82, 2.24) is 4.90 Å². The fourth-order valence-electron chi connectivity index (χ4n) is 3.82. The highest BCUT2D eigenvalue weighted by molar-refractivity contribution is 5.89. The second-order valence-corrected chi connectivity index (χ2v) is 8.36. The molecule has 0 aliphatic rings. The zero-order valence-corrected chi connectivity index (χ0v) is 20.3. The second-order valence-electron chi connectivity index (χ2n) is 8.36. The van der Waals surface area contributed by atoms with Crippen LogP contribution in [0, 0.1) is 6.92 Å². The number of unbranched alkanes of at least 4 members (excludes halogenated alkanes) is 2. The lowest BCUT2D eigenvalue weighted by Gasteiger charge is -2.23. The zero-order chi connectivity index (χ0) is 24.7. The van der Waals surface area contributed by atoms with Crippen molar-refractivity contribution in [3.05, 3.63) is 63.5 Å². The summed E-state index contributed by atoms with van der Waals surface area (Å²) in [6, 6.07) is 9.42. The van der Waals surface area contributed by atoms with Gasteiger partial charge in [0.05, 0.1) is 23.6 Å². The number of benzene rings is 2. The van der Waals surface area contributed by atoms with E-state index in [2.05, 4.69) is 18.7 Å². The Morgan fingerprint density at radius 3 is 2.26 bits per heavy atom. The summed E-state index contributed by atoms with van der Waals surface area (Å²) in [5, 5.41) is 11.0. The highest BCUT2D eigenvalue weighted by Crippen LogP contribution is 2.32. The largest absolute Gasteiger partial charge is 0.507 e. The van der Waals surface area contributed by atoms with Crippen molar-refractivity contribution in [1.29, 1.82) is 0 Å². The molecule has 182 valence electrons. The fraction of sp³-hybridized carbons (Fsp3) is 0.407. The summed E-state index contributed by atoms with van der Waals surface area (Å²) < 4.78 is 16.6. The molecular formula is C27H33NO6. The number of nitrogens with zero attached hydrogens (tertiary/aromatic N) is 1. The third-order valence-electron chi connectivity index (χ3n) is 5.79. The molecule has 2 aromatic carbocycles. The second kappa shape index (κ2) is 11.7. The number of aryl methyl sites for hydroxylation is 1. The summed E-state index contributed by atoms with van der Waals surface area (Å²) in [6.45, 7) is 8.30. The molecule has 34 heavy (non-hydrogen) atoms. The molecule has 0 bridgehead atoms. The lowest BCUT2D eigenvalue weighted by molar-refractivity contribution is 0.0600. The van der Waals surface area contributed by atoms with Crippen LogP contribution in [0.15, 0.2) is 45.6 Å². The Labute approximate surface area is 199 Å². The van der Waals surface area contributed by atoms with Crippen LogP contribution in [0.5, 0.6) is 17.2 Å². The molecule has 0 amide bonds. The van der Waals surface area contributed by atoms with Crippen molar-refractivity contribution in [2.45, 2.75) is 53.0 Å². The fourth-order valence-corrected chi connectivity index (χ4v) is 3.82. The van der Waals surface area contributed by atoms with E-state index in [9.17, 15) is 14.7 Å². The molecule has 0 fully saturated rings. The van der Waals surface area contributed by atoms with Gasteiger partial charge in [0.15, 0.2) is 0 Å². The van der Waals surface area contributed by atoms with Gasteiger partial charge in [0.25, 0.3) is 0 Å². The predicted octanol–water partition coefficient (Wildman–Crippen LogP) is 5.79. The molecule has 7 heteroatoms. The highest BCUT2D eigenvalue weighted by atomic mass is 16.5. The number of hydrogen-bond acceptors (Lipinski definition) is 7. The Bertz CT molecular complexity index is 1170. The molecule has 0 radical (unpaired) electrons. The van der Waals surface area contributed by atoms with Crippen molar-refractivity contribution in [2.24, 2.45) is 0 Å². The van der Waals surface area contributed by atoms with Gasteiger partial charge < -0.3 is 19.0 Å². The number of aromatic hydroxyl groups is 1. The summed E-state index contributed by atoms with van der Waals surface area (Å²) in [4.78, 5) is 27.2. The van der Waals surface area contributed by atoms with Crippen LogP contribution in [0.4, 0.5) is 0 Å². The van der Waals surface area contributed by atoms with Gasteiger partial charge >= 0.3 is 5.97 Å². The molecule has 0 aliphatic carbocycles. The molecule has 3 rings (SSSR count). The SMILES string of the molecule is CCCCN(CCCC)Cc1c(O)ccc2c(=O)c(Oc3ccc(C(=O)OC)cc3)c(C)oc12. The van der Waals surface area contributed by atoms with E-state index in [1.54, 1.807) is 37.3 Å². The number of phenolic OH excluding ortho intramolecular Hbond substituents is 1. The van der Waals surface area contributed by atoms with E-state index in [0.717, 1.165) is 38.8 Å². The van der Waals surface area contributed by atoms with E-state index in [-0.39, 0.29) is 16.9 Å². The first-order valence-electron chi connectivity index (χ1n) is 11.8. The summed E-state index contributed by atoms with van der Waals surface area (Å²) in [5.41, 5.74) is 1.06. The molecule has 1 N–H and O–H groups in total. The number of methoxy groups -OCH3 is 1. The molecule has 7 nitrogen and oxygen atoms in total. The Kier molecular flexibility index (Phi) is 8.71. The van der Waals surface area contributed by atoms with Crippen LogP contribution in [0.2, 0.25) is 0 Å². The molecule has 0 saturated heterocycles. The number of carbonyl (C=O) groups excluding carboxylic acids is 1. The van der Waals surface area contributed by atoms with Crippen molar-refractivity contribution < 1.29 is 23.8 Å². The van der Waals surface area contributed by atoms with Gasteiger partial charge in [0, 0.05) is 6.54 Å². The van der Waals surface area contributed by atoms with Crippen LogP contribution in [0.1, 0.15) is 61.2 Å². The number of rotatable bonds is 11. The average Bonchev–Trinajstić information content (AvgIpc) is 2.84. The minimum atomic E-state index is -0.452. The maximum absolute atomic E-state index is 13.3. The Balaban J connectivity index is 1.96. The van der Waals surface area contributed by atoms with Gasteiger partial charge in [-0.1, -0.05) is 26.7 Å². The zero-order valence-electron chi connectivity index (χ0n) is 20.3. The van der Waals surface area contributed by atoms with Crippen LogP contribution in [-0.2, 0) is 11.3 Å². The van der Waals surface area contributed by atoms with Crippen LogP contribution in [0.3, 0.4) is 0 Å². The van der Waals surface area contributed by atoms with Crippen molar-refractivity contribution in [3.8, 4) is 17.2 Å². The monoisotopic (exact) mass is 467 g/mol. The van der Waals surface area contributed by atoms with Crippen LogP contribution in [0.25, 0.3) is 11.0 Å². The standard InChI is InChI=1S/C27H33NO6/c1-5-7-15-28(16-8-6-2)17-22-23(29)14-13-21-24(30)25(18(3)33-26(21)22)34-20-11-9-19(10-12-20)27(31)32-4/h9-14,29H,5-8,15-17H2,1-4H3. The van der Waals surface area contributed by atoms with Crippen molar-refractivity contribution >= 4 is 16.9 Å². The summed E-state index contributed by atoms with van der Waals surface area (Å²) in [7, 11) is 1.31. The lowest BCUT2D eigenvalue weighted by atomic mass is 10.1. The normalized spacial score (nSPS) is 11.2. The van der Waals surface area contributed by atoms with E-state index in [4.69, 9.17) is 13.9 Å². The van der Waals surface area contributed by atoms with Crippen LogP contribution >= 0.6 is 0 Å². The van der Waals surface area contributed by atoms with Gasteiger partial charge in [-0.25, -0.2) is 4.79 Å². The van der Waals surface area contributed by atoms with E-state index >= 15 is 0 Å². The number of fused-ring (bicyclic) bond motifs is 1. The van der Waals surface area contributed by atoms with Gasteiger partial charge in [0.1, 0.15) is 22.8 Å². The lowest BCUT2D eigenvalue weighted by Crippen LogP contribution is -2.26.